The minimum absolute atomic E-state index is 0.00296. The Morgan fingerprint density at radius 3 is 2.62 bits per heavy atom. The van der Waals surface area contributed by atoms with Crippen LogP contribution in [0.1, 0.15) is 45.6 Å². The monoisotopic (exact) mass is 350 g/mol. The molecule has 0 amide bonds. The first-order valence-electron chi connectivity index (χ1n) is 9.36. The quantitative estimate of drug-likeness (QED) is 0.517. The molecular weight excluding hydrogens is 324 g/mol. The zero-order valence-electron chi connectivity index (χ0n) is 15.7. The normalized spacial score (nSPS) is 32.1. The molecule has 0 N–H and O–H groups in total. The Morgan fingerprint density at radius 1 is 1.31 bits per heavy atom. The van der Waals surface area contributed by atoms with Crippen molar-refractivity contribution < 1.29 is 14.3 Å². The lowest BCUT2D eigenvalue weighted by Gasteiger charge is -2.45. The Morgan fingerprint density at radius 2 is 2.00 bits per heavy atom. The predicted molar refractivity (Wildman–Crippen MR) is 103 cm³/mol. The molecule has 4 rings (SSSR count). The number of benzene rings is 1. The molecule has 0 bridgehead atoms. The summed E-state index contributed by atoms with van der Waals surface area (Å²) in [7, 11) is 0. The van der Waals surface area contributed by atoms with Gasteiger partial charge in [0.05, 0.1) is 0 Å². The molecule has 3 aliphatic rings. The SMILES string of the molecule is C=C[C@H]1C(C/C(C)=C/c2ccccc2)=C(C)C2(CC2)[C@@]2(C)OC(=O)O[C@@H]12. The smallest absolute Gasteiger partial charge is 0.426 e. The van der Waals surface area contributed by atoms with Gasteiger partial charge in [-0.25, -0.2) is 4.79 Å². The fraction of sp³-hybridized carbons (Fsp3) is 0.435. The molecule has 1 aromatic rings. The molecular formula is C23H26O3. The van der Waals surface area contributed by atoms with E-state index in [2.05, 4.69) is 50.8 Å². The number of allylic oxidation sites excluding steroid dienone is 1. The Balaban J connectivity index is 1.72. The van der Waals surface area contributed by atoms with Crippen LogP contribution in [0.25, 0.3) is 6.08 Å². The van der Waals surface area contributed by atoms with Gasteiger partial charge in [0.1, 0.15) is 0 Å². The molecule has 1 saturated carbocycles. The average molecular weight is 350 g/mol. The second-order valence-electron chi connectivity index (χ2n) is 8.07. The van der Waals surface area contributed by atoms with Gasteiger partial charge in [-0.2, -0.15) is 0 Å². The second kappa shape index (κ2) is 5.87. The van der Waals surface area contributed by atoms with Crippen molar-refractivity contribution >= 4 is 12.2 Å². The molecule has 0 unspecified atom stereocenters. The largest absolute Gasteiger partial charge is 0.509 e. The number of hydrogen-bond acceptors (Lipinski definition) is 3. The number of carbonyl (C=O) groups excluding carboxylic acids is 1. The van der Waals surface area contributed by atoms with Crippen LogP contribution in [0.5, 0.6) is 0 Å². The van der Waals surface area contributed by atoms with Crippen LogP contribution in [0.4, 0.5) is 4.79 Å². The molecule has 1 spiro atoms. The standard InChI is InChI=1S/C23H26O3/c1-5-18-19(14-15(2)13-17-9-7-6-8-10-17)16(3)23(11-12-23)22(4)20(18)25-21(24)26-22/h5-10,13,18,20H,1,11-12,14H2,2-4H3/b15-13+/t18-,20-,22-/m0/s1. The first-order chi connectivity index (χ1) is 12.4. The highest BCUT2D eigenvalue weighted by molar-refractivity contribution is 5.66. The van der Waals surface area contributed by atoms with Crippen molar-refractivity contribution in [3.8, 4) is 0 Å². The van der Waals surface area contributed by atoms with E-state index in [1.165, 1.54) is 22.3 Å². The third-order valence-electron chi connectivity index (χ3n) is 6.63. The zero-order chi connectivity index (χ0) is 18.5. The fourth-order valence-electron chi connectivity index (χ4n) is 5.07. The minimum atomic E-state index is -0.576. The maximum absolute atomic E-state index is 12.0. The predicted octanol–water partition coefficient (Wildman–Crippen LogP) is 5.69. The van der Waals surface area contributed by atoms with Crippen LogP contribution in [0.2, 0.25) is 0 Å². The molecule has 1 saturated heterocycles. The summed E-state index contributed by atoms with van der Waals surface area (Å²) in [5.41, 5.74) is 4.56. The van der Waals surface area contributed by atoms with Gasteiger partial charge in [-0.15, -0.1) is 6.58 Å². The van der Waals surface area contributed by atoms with E-state index in [1.807, 2.05) is 19.1 Å². The summed E-state index contributed by atoms with van der Waals surface area (Å²) in [6.07, 6.45) is 6.30. The second-order valence-corrected chi connectivity index (χ2v) is 8.07. The average Bonchev–Trinajstić information content (AvgIpc) is 3.36. The lowest BCUT2D eigenvalue weighted by Crippen LogP contribution is -2.53. The van der Waals surface area contributed by atoms with Crippen molar-refractivity contribution in [2.75, 3.05) is 0 Å². The molecule has 1 heterocycles. The number of carbonyl (C=O) groups is 1. The summed E-state index contributed by atoms with van der Waals surface area (Å²) in [5, 5.41) is 0. The van der Waals surface area contributed by atoms with E-state index in [4.69, 9.17) is 9.47 Å². The summed E-state index contributed by atoms with van der Waals surface area (Å²) in [4.78, 5) is 12.0. The van der Waals surface area contributed by atoms with E-state index in [9.17, 15) is 4.79 Å². The van der Waals surface area contributed by atoms with E-state index in [0.717, 1.165) is 19.3 Å². The summed E-state index contributed by atoms with van der Waals surface area (Å²) >= 11 is 0. The highest BCUT2D eigenvalue weighted by atomic mass is 16.8. The third-order valence-corrected chi connectivity index (χ3v) is 6.63. The maximum Gasteiger partial charge on any atom is 0.509 e. The van der Waals surface area contributed by atoms with Crippen molar-refractivity contribution in [3.05, 3.63) is 65.3 Å². The number of rotatable bonds is 4. The third kappa shape index (κ3) is 2.37. The molecule has 2 aliphatic carbocycles. The van der Waals surface area contributed by atoms with Gasteiger partial charge in [0.2, 0.25) is 0 Å². The molecule has 1 aromatic carbocycles. The molecule has 136 valence electrons. The number of ether oxygens (including phenoxy) is 2. The summed E-state index contributed by atoms with van der Waals surface area (Å²) in [5.74, 6) is -0.00296. The van der Waals surface area contributed by atoms with E-state index in [0.29, 0.717) is 0 Å². The first kappa shape index (κ1) is 17.1. The first-order valence-corrected chi connectivity index (χ1v) is 9.36. The Kier molecular flexibility index (Phi) is 3.87. The van der Waals surface area contributed by atoms with Crippen LogP contribution in [0, 0.1) is 11.3 Å². The Bertz CT molecular complexity index is 813. The van der Waals surface area contributed by atoms with Gasteiger partial charge >= 0.3 is 6.16 Å². The number of hydrogen-bond donors (Lipinski definition) is 0. The molecule has 1 aliphatic heterocycles. The van der Waals surface area contributed by atoms with Crippen LogP contribution in [-0.4, -0.2) is 17.9 Å². The molecule has 3 atom stereocenters. The lowest BCUT2D eigenvalue weighted by atomic mass is 9.63. The number of fused-ring (bicyclic) bond motifs is 2. The highest BCUT2D eigenvalue weighted by Crippen LogP contribution is 2.68. The maximum atomic E-state index is 12.0. The van der Waals surface area contributed by atoms with Gasteiger partial charge in [0, 0.05) is 11.3 Å². The minimum Gasteiger partial charge on any atom is -0.426 e. The van der Waals surface area contributed by atoms with Crippen LogP contribution in [-0.2, 0) is 9.47 Å². The van der Waals surface area contributed by atoms with Crippen molar-refractivity contribution in [1.29, 1.82) is 0 Å². The van der Waals surface area contributed by atoms with E-state index >= 15 is 0 Å². The van der Waals surface area contributed by atoms with Gasteiger partial charge in [-0.1, -0.05) is 59.2 Å². The van der Waals surface area contributed by atoms with Gasteiger partial charge in [0.15, 0.2) is 11.7 Å². The van der Waals surface area contributed by atoms with E-state index in [-0.39, 0.29) is 17.4 Å². The molecule has 0 radical (unpaired) electrons. The van der Waals surface area contributed by atoms with Crippen LogP contribution >= 0.6 is 0 Å². The molecule has 3 heteroatoms. The van der Waals surface area contributed by atoms with Crippen LogP contribution < -0.4 is 0 Å². The van der Waals surface area contributed by atoms with Crippen molar-refractivity contribution in [2.45, 2.75) is 51.7 Å². The highest BCUT2D eigenvalue weighted by Gasteiger charge is 2.71. The molecule has 2 fully saturated rings. The Hall–Kier alpha value is -2.29. The van der Waals surface area contributed by atoms with E-state index < -0.39 is 11.8 Å². The summed E-state index contributed by atoms with van der Waals surface area (Å²) in [6.45, 7) is 10.5. The molecule has 3 nitrogen and oxygen atoms in total. The van der Waals surface area contributed by atoms with Gasteiger partial charge in [-0.05, 0) is 45.6 Å². The van der Waals surface area contributed by atoms with Gasteiger partial charge < -0.3 is 9.47 Å². The van der Waals surface area contributed by atoms with Crippen LogP contribution in [0.3, 0.4) is 0 Å². The van der Waals surface area contributed by atoms with Gasteiger partial charge in [0.25, 0.3) is 0 Å². The van der Waals surface area contributed by atoms with Crippen LogP contribution in [0.15, 0.2) is 59.7 Å². The Labute approximate surface area is 155 Å². The fourth-order valence-corrected chi connectivity index (χ4v) is 5.07. The summed E-state index contributed by atoms with van der Waals surface area (Å²) in [6, 6.07) is 10.4. The zero-order valence-corrected chi connectivity index (χ0v) is 15.7. The van der Waals surface area contributed by atoms with Crippen molar-refractivity contribution in [1.82, 2.24) is 0 Å². The van der Waals surface area contributed by atoms with Crippen molar-refractivity contribution in [2.24, 2.45) is 11.3 Å². The summed E-state index contributed by atoms with van der Waals surface area (Å²) < 4.78 is 11.4. The van der Waals surface area contributed by atoms with Crippen molar-refractivity contribution in [3.63, 3.8) is 0 Å². The lowest BCUT2D eigenvalue weighted by molar-refractivity contribution is -0.0289. The molecule has 0 aromatic heterocycles. The topological polar surface area (TPSA) is 35.5 Å². The molecule has 26 heavy (non-hydrogen) atoms. The van der Waals surface area contributed by atoms with E-state index in [1.54, 1.807) is 0 Å². The van der Waals surface area contributed by atoms with Gasteiger partial charge in [-0.3, -0.25) is 0 Å².